The zero-order chi connectivity index (χ0) is 31.3. The van der Waals surface area contributed by atoms with Gasteiger partial charge in [-0.15, -0.1) is 0 Å². The van der Waals surface area contributed by atoms with E-state index >= 15 is 0 Å². The smallest absolute Gasteiger partial charge is 0.407 e. The van der Waals surface area contributed by atoms with Gasteiger partial charge in [-0.25, -0.2) is 31.6 Å². The van der Waals surface area contributed by atoms with E-state index in [1.807, 2.05) is 0 Å². The number of piperidine rings is 1. The number of carbonyl (C=O) groups is 1. The lowest BCUT2D eigenvalue weighted by atomic mass is 9.88. The van der Waals surface area contributed by atoms with Crippen molar-refractivity contribution in [1.29, 1.82) is 0 Å². The Bertz CT molecular complexity index is 1770. The van der Waals surface area contributed by atoms with E-state index in [0.29, 0.717) is 43.3 Å². The van der Waals surface area contributed by atoms with Crippen molar-refractivity contribution in [2.45, 2.75) is 64.9 Å². The van der Waals surface area contributed by atoms with Crippen LogP contribution in [-0.4, -0.2) is 113 Å². The molecule has 3 aliphatic rings. The first-order valence-corrected chi connectivity index (χ1v) is 17.4. The van der Waals surface area contributed by atoms with E-state index in [0.717, 1.165) is 4.90 Å². The summed E-state index contributed by atoms with van der Waals surface area (Å²) >= 11 is 0. The van der Waals surface area contributed by atoms with Crippen LogP contribution in [0.25, 0.3) is 11.2 Å². The number of aliphatic hydroxyl groups is 1. The molecule has 2 saturated heterocycles. The quantitative estimate of drug-likeness (QED) is 0.326. The summed E-state index contributed by atoms with van der Waals surface area (Å²) in [5.41, 5.74) is 0.392. The molecule has 44 heavy (non-hydrogen) atoms. The van der Waals surface area contributed by atoms with E-state index in [-0.39, 0.29) is 53.6 Å². The minimum atomic E-state index is -3.81. The largest absolute Gasteiger partial charge is 0.491 e. The fourth-order valence-corrected chi connectivity index (χ4v) is 9.06. The van der Waals surface area contributed by atoms with Crippen LogP contribution in [0.15, 0.2) is 52.6 Å². The van der Waals surface area contributed by atoms with Crippen molar-refractivity contribution in [2.75, 3.05) is 32.8 Å². The number of aliphatic hydroxyl groups excluding tert-OH is 1. The molecule has 2 aromatic heterocycles. The zero-order valence-electron chi connectivity index (χ0n) is 24.1. The van der Waals surface area contributed by atoms with Crippen LogP contribution in [0.4, 0.5) is 4.79 Å². The van der Waals surface area contributed by atoms with E-state index in [1.165, 1.54) is 28.7 Å². The molecule has 3 aromatic rings. The molecule has 14 nitrogen and oxygen atoms in total. The summed E-state index contributed by atoms with van der Waals surface area (Å²) in [7, 11) is -5.43. The Balaban J connectivity index is 1.04. The minimum Gasteiger partial charge on any atom is -0.491 e. The van der Waals surface area contributed by atoms with Crippen LogP contribution in [0.5, 0.6) is 5.75 Å². The summed E-state index contributed by atoms with van der Waals surface area (Å²) in [5, 5.41) is 20.2. The molecule has 1 spiro atoms. The van der Waals surface area contributed by atoms with E-state index in [4.69, 9.17) is 9.47 Å². The third-order valence-electron chi connectivity index (χ3n) is 8.62. The second kappa shape index (κ2) is 11.6. The van der Waals surface area contributed by atoms with Gasteiger partial charge in [0, 0.05) is 26.3 Å². The van der Waals surface area contributed by atoms with Gasteiger partial charge in [-0.2, -0.15) is 4.31 Å². The maximum atomic E-state index is 13.3. The van der Waals surface area contributed by atoms with Crippen LogP contribution in [-0.2, 0) is 31.6 Å². The first-order valence-electron chi connectivity index (χ1n) is 14.4. The highest BCUT2D eigenvalue weighted by molar-refractivity contribution is 7.92. The molecule has 4 heterocycles. The van der Waals surface area contributed by atoms with Crippen LogP contribution in [0.3, 0.4) is 0 Å². The second-order valence-corrected chi connectivity index (χ2v) is 15.9. The van der Waals surface area contributed by atoms with Crippen molar-refractivity contribution >= 4 is 37.1 Å². The van der Waals surface area contributed by atoms with E-state index in [1.54, 1.807) is 30.1 Å². The summed E-state index contributed by atoms with van der Waals surface area (Å²) in [6.07, 6.45) is 2.93. The summed E-state index contributed by atoms with van der Waals surface area (Å²) in [5.74, 6) is 0.272. The predicted octanol–water partition coefficient (Wildman–Crippen LogP) is 1.64. The van der Waals surface area contributed by atoms with Gasteiger partial charge >= 0.3 is 6.09 Å². The monoisotopic (exact) mass is 649 g/mol. The van der Waals surface area contributed by atoms with Gasteiger partial charge in [0.2, 0.25) is 10.0 Å². The average molecular weight is 650 g/mol. The maximum Gasteiger partial charge on any atom is 0.407 e. The van der Waals surface area contributed by atoms with Crippen molar-refractivity contribution in [3.63, 3.8) is 0 Å². The van der Waals surface area contributed by atoms with Crippen LogP contribution in [0.1, 0.15) is 32.1 Å². The van der Waals surface area contributed by atoms with Crippen molar-refractivity contribution in [1.82, 2.24) is 23.7 Å². The summed E-state index contributed by atoms with van der Waals surface area (Å²) in [4.78, 5) is 22.0. The van der Waals surface area contributed by atoms with Crippen molar-refractivity contribution in [3.05, 3.63) is 42.9 Å². The van der Waals surface area contributed by atoms with Crippen molar-refractivity contribution in [3.8, 4) is 5.75 Å². The molecule has 1 saturated carbocycles. The Hall–Kier alpha value is -3.31. The highest BCUT2D eigenvalue weighted by Crippen LogP contribution is 2.39. The van der Waals surface area contributed by atoms with E-state index in [9.17, 15) is 31.8 Å². The molecule has 6 rings (SSSR count). The summed E-state index contributed by atoms with van der Waals surface area (Å²) in [6.45, 7) is 0.0567. The van der Waals surface area contributed by atoms with Gasteiger partial charge in [0.05, 0.1) is 41.3 Å². The van der Waals surface area contributed by atoms with Crippen LogP contribution < -0.4 is 4.74 Å². The Kier molecular flexibility index (Phi) is 8.07. The highest BCUT2D eigenvalue weighted by Gasteiger charge is 2.47. The number of amides is 1. The van der Waals surface area contributed by atoms with Gasteiger partial charge in [-0.1, -0.05) is 6.07 Å². The molecule has 16 heteroatoms. The van der Waals surface area contributed by atoms with Gasteiger partial charge in [0.1, 0.15) is 28.9 Å². The molecule has 3 fully saturated rings. The summed E-state index contributed by atoms with van der Waals surface area (Å²) in [6, 6.07) is 7.07. The van der Waals surface area contributed by atoms with Gasteiger partial charge < -0.3 is 29.2 Å². The molecule has 0 radical (unpaired) electrons. The fourth-order valence-electron chi connectivity index (χ4n) is 5.96. The number of carboxylic acid groups (broad SMARTS) is 1. The molecule has 2 atom stereocenters. The van der Waals surface area contributed by atoms with Crippen molar-refractivity contribution < 1.29 is 41.3 Å². The first-order chi connectivity index (χ1) is 20.9. The van der Waals surface area contributed by atoms with E-state index < -0.39 is 43.7 Å². The third-order valence-corrected chi connectivity index (χ3v) is 12.7. The van der Waals surface area contributed by atoms with Crippen LogP contribution >= 0.6 is 0 Å². The van der Waals surface area contributed by atoms with Crippen molar-refractivity contribution in [2.24, 2.45) is 7.05 Å². The first kappa shape index (κ1) is 30.7. The summed E-state index contributed by atoms with van der Waals surface area (Å²) < 4.78 is 66.6. The lowest BCUT2D eigenvalue weighted by Gasteiger charge is -2.38. The van der Waals surface area contributed by atoms with Gasteiger partial charge in [0.25, 0.3) is 0 Å². The highest BCUT2D eigenvalue weighted by atomic mass is 32.2. The lowest BCUT2D eigenvalue weighted by molar-refractivity contribution is -0.0319. The Morgan fingerprint density at radius 2 is 1.91 bits per heavy atom. The number of benzene rings is 1. The predicted molar refractivity (Wildman–Crippen MR) is 156 cm³/mol. The van der Waals surface area contributed by atoms with Crippen LogP contribution in [0.2, 0.25) is 0 Å². The number of hydrogen-bond donors (Lipinski definition) is 2. The molecule has 2 aliphatic heterocycles. The molecular formula is C28H35N5O9S2. The number of rotatable bonds is 10. The number of ether oxygens (including phenoxy) is 2. The minimum absolute atomic E-state index is 0.0643. The van der Waals surface area contributed by atoms with Gasteiger partial charge in [-0.05, 0) is 56.4 Å². The molecule has 238 valence electrons. The van der Waals surface area contributed by atoms with Gasteiger partial charge in [0.15, 0.2) is 15.5 Å². The SMILES string of the molecule is Cn1cnc2cc(S(=O)(=O)N3CCC4(CC3)CC(N(CC(O)COc3cccc(S(=O)(=O)C5CC5)c3)C(=O)O)CO4)cnc21. The standard InChI is InChI=1S/C28H35N5O9S2/c1-31-18-30-25-12-24(14-29-26(25)31)44(39,40)32-9-7-28(8-10-32)13-19(16-42-28)33(27(35)36)15-20(34)17-41-21-3-2-4-23(11-21)43(37,38)22-5-6-22/h2-4,11-12,14,18-20,22,34H,5-10,13,15-17H2,1H3,(H,35,36). The molecule has 1 amide bonds. The zero-order valence-corrected chi connectivity index (χ0v) is 25.8. The number of nitrogens with zero attached hydrogens (tertiary/aromatic N) is 5. The fraction of sp³-hybridized carbons (Fsp3) is 0.536. The second-order valence-electron chi connectivity index (χ2n) is 11.7. The average Bonchev–Trinajstić information content (AvgIpc) is 3.71. The molecule has 0 bridgehead atoms. The molecule has 1 aliphatic carbocycles. The van der Waals surface area contributed by atoms with Crippen LogP contribution in [0, 0.1) is 0 Å². The number of sulfone groups is 1. The normalized spacial score (nSPS) is 21.5. The Labute approximate surface area is 255 Å². The molecule has 2 unspecified atom stereocenters. The molecule has 2 N–H and O–H groups in total. The van der Waals surface area contributed by atoms with E-state index in [2.05, 4.69) is 9.97 Å². The number of sulfonamides is 1. The topological polar surface area (TPSA) is 181 Å². The number of pyridine rings is 1. The number of aromatic nitrogens is 3. The molecular weight excluding hydrogens is 614 g/mol. The van der Waals surface area contributed by atoms with Gasteiger partial charge in [-0.3, -0.25) is 0 Å². The Morgan fingerprint density at radius 3 is 2.61 bits per heavy atom. The lowest BCUT2D eigenvalue weighted by Crippen LogP contribution is -2.48. The maximum absolute atomic E-state index is 13.3. The third kappa shape index (κ3) is 6.00. The Morgan fingerprint density at radius 1 is 1.16 bits per heavy atom. The number of imidazole rings is 1. The number of hydrogen-bond acceptors (Lipinski definition) is 10. The number of aryl methyl sites for hydroxylation is 1. The molecule has 1 aromatic carbocycles. The number of fused-ring (bicyclic) bond motifs is 1.